The molecule has 0 fully saturated rings. The van der Waals surface area contributed by atoms with Crippen LogP contribution in [-0.2, 0) is 13.0 Å². The Balaban J connectivity index is 0.00000208. The number of hydrogen-bond acceptors (Lipinski definition) is 3. The molecule has 1 atom stereocenters. The number of thiazole rings is 1. The molecule has 0 saturated carbocycles. The quantitative estimate of drug-likeness (QED) is 0.408. The first-order chi connectivity index (χ1) is 11.2. The fraction of sp³-hybridized carbons (Fsp3) is 0.444. The van der Waals surface area contributed by atoms with E-state index >= 15 is 0 Å². The van der Waals surface area contributed by atoms with Crippen LogP contribution in [0.15, 0.2) is 34.6 Å². The summed E-state index contributed by atoms with van der Waals surface area (Å²) >= 11 is 1.70. The van der Waals surface area contributed by atoms with Gasteiger partial charge in [-0.05, 0) is 23.5 Å². The molecule has 4 nitrogen and oxygen atoms in total. The highest BCUT2D eigenvalue weighted by molar-refractivity contribution is 14.0. The summed E-state index contributed by atoms with van der Waals surface area (Å²) in [4.78, 5) is 8.94. The van der Waals surface area contributed by atoms with Crippen LogP contribution in [0, 0.1) is 0 Å². The lowest BCUT2D eigenvalue weighted by Crippen LogP contribution is -2.40. The Morgan fingerprint density at radius 3 is 2.79 bits per heavy atom. The molecule has 1 aliphatic rings. The van der Waals surface area contributed by atoms with Crippen molar-refractivity contribution in [3.05, 3.63) is 51.5 Å². The van der Waals surface area contributed by atoms with Crippen LogP contribution < -0.4 is 10.6 Å². The fourth-order valence-corrected chi connectivity index (χ4v) is 3.71. The van der Waals surface area contributed by atoms with Gasteiger partial charge < -0.3 is 10.6 Å². The van der Waals surface area contributed by atoms with E-state index in [1.54, 1.807) is 11.3 Å². The zero-order valence-electron chi connectivity index (χ0n) is 14.4. The van der Waals surface area contributed by atoms with Crippen molar-refractivity contribution in [3.8, 4) is 0 Å². The third kappa shape index (κ3) is 4.47. The van der Waals surface area contributed by atoms with E-state index < -0.39 is 0 Å². The molecular weight excluding hydrogens is 431 g/mol. The SMILES string of the molecule is CN=C(NCc1nc(C(C)C)cs1)NCC1Cc2ccccc21.I. The van der Waals surface area contributed by atoms with E-state index in [9.17, 15) is 0 Å². The predicted octanol–water partition coefficient (Wildman–Crippen LogP) is 3.89. The largest absolute Gasteiger partial charge is 0.356 e. The molecule has 1 aromatic heterocycles. The number of rotatable bonds is 5. The number of nitrogens with one attached hydrogen (secondary N) is 2. The summed E-state index contributed by atoms with van der Waals surface area (Å²) in [5.41, 5.74) is 4.11. The number of aromatic nitrogens is 1. The third-order valence-corrected chi connectivity index (χ3v) is 5.14. The number of aliphatic imine (C=N–C) groups is 1. The van der Waals surface area contributed by atoms with E-state index in [0.29, 0.717) is 11.8 Å². The number of nitrogens with zero attached hydrogens (tertiary/aromatic N) is 2. The topological polar surface area (TPSA) is 49.3 Å². The van der Waals surface area contributed by atoms with Crippen molar-refractivity contribution in [2.45, 2.75) is 38.6 Å². The number of hydrogen-bond donors (Lipinski definition) is 2. The summed E-state index contributed by atoms with van der Waals surface area (Å²) in [5.74, 6) is 1.92. The minimum Gasteiger partial charge on any atom is -0.356 e. The van der Waals surface area contributed by atoms with Gasteiger partial charge in [0.15, 0.2) is 5.96 Å². The van der Waals surface area contributed by atoms with Crippen LogP contribution in [0.2, 0.25) is 0 Å². The Morgan fingerprint density at radius 2 is 2.12 bits per heavy atom. The molecule has 2 N–H and O–H groups in total. The fourth-order valence-electron chi connectivity index (χ4n) is 2.82. The van der Waals surface area contributed by atoms with Crippen molar-refractivity contribution in [2.24, 2.45) is 4.99 Å². The van der Waals surface area contributed by atoms with Crippen molar-refractivity contribution in [3.63, 3.8) is 0 Å². The van der Waals surface area contributed by atoms with Crippen LogP contribution in [0.1, 0.15) is 47.5 Å². The smallest absolute Gasteiger partial charge is 0.191 e. The van der Waals surface area contributed by atoms with Gasteiger partial charge in [-0.1, -0.05) is 38.1 Å². The summed E-state index contributed by atoms with van der Waals surface area (Å²) in [5, 5.41) is 10.0. The molecule has 0 bridgehead atoms. The van der Waals surface area contributed by atoms with Gasteiger partial charge in [0, 0.05) is 24.9 Å². The van der Waals surface area contributed by atoms with Gasteiger partial charge in [0.05, 0.1) is 12.2 Å². The van der Waals surface area contributed by atoms with Crippen LogP contribution in [-0.4, -0.2) is 24.5 Å². The number of guanidine groups is 1. The van der Waals surface area contributed by atoms with Gasteiger partial charge in [-0.2, -0.15) is 0 Å². The molecule has 0 saturated heterocycles. The molecule has 1 heterocycles. The van der Waals surface area contributed by atoms with Crippen LogP contribution in [0.4, 0.5) is 0 Å². The Bertz CT molecular complexity index is 696. The predicted molar refractivity (Wildman–Crippen MR) is 113 cm³/mol. The van der Waals surface area contributed by atoms with Crippen LogP contribution in [0.25, 0.3) is 0 Å². The van der Waals surface area contributed by atoms with Crippen LogP contribution in [0.5, 0.6) is 0 Å². The zero-order chi connectivity index (χ0) is 16.2. The van der Waals surface area contributed by atoms with E-state index in [4.69, 9.17) is 0 Å². The second-order valence-corrected chi connectivity index (χ2v) is 7.17. The zero-order valence-corrected chi connectivity index (χ0v) is 17.5. The highest BCUT2D eigenvalue weighted by Gasteiger charge is 2.25. The minimum absolute atomic E-state index is 0. The van der Waals surface area contributed by atoms with E-state index in [-0.39, 0.29) is 24.0 Å². The maximum atomic E-state index is 4.64. The summed E-state index contributed by atoms with van der Waals surface area (Å²) in [6, 6.07) is 8.67. The molecule has 130 valence electrons. The highest BCUT2D eigenvalue weighted by Crippen LogP contribution is 2.33. The summed E-state index contributed by atoms with van der Waals surface area (Å²) in [6.45, 7) is 5.98. The standard InChI is InChI=1S/C18H24N4S.HI/c1-12(2)16-11-23-17(22-16)10-21-18(19-3)20-9-14-8-13-6-4-5-7-15(13)14;/h4-7,11-12,14H,8-10H2,1-3H3,(H2,19,20,21);1H. The lowest BCUT2D eigenvalue weighted by Gasteiger charge is -2.30. The summed E-state index contributed by atoms with van der Waals surface area (Å²) in [7, 11) is 1.81. The Labute approximate surface area is 165 Å². The lowest BCUT2D eigenvalue weighted by atomic mass is 9.78. The molecule has 24 heavy (non-hydrogen) atoms. The maximum Gasteiger partial charge on any atom is 0.191 e. The Morgan fingerprint density at radius 1 is 1.33 bits per heavy atom. The highest BCUT2D eigenvalue weighted by atomic mass is 127. The Hall–Kier alpha value is -1.15. The first-order valence-corrected chi connectivity index (χ1v) is 9.02. The van der Waals surface area contributed by atoms with Gasteiger partial charge in [0.25, 0.3) is 0 Å². The van der Waals surface area contributed by atoms with Gasteiger partial charge in [-0.25, -0.2) is 4.98 Å². The molecule has 0 amide bonds. The summed E-state index contributed by atoms with van der Waals surface area (Å²) in [6.07, 6.45) is 1.16. The molecule has 0 aliphatic heterocycles. The van der Waals surface area contributed by atoms with Crippen molar-refractivity contribution >= 4 is 41.3 Å². The maximum absolute atomic E-state index is 4.64. The van der Waals surface area contributed by atoms with Crippen molar-refractivity contribution < 1.29 is 0 Å². The molecule has 0 spiro atoms. The number of halogens is 1. The monoisotopic (exact) mass is 456 g/mol. The lowest BCUT2D eigenvalue weighted by molar-refractivity contribution is 0.583. The second kappa shape index (κ2) is 8.80. The number of fused-ring (bicyclic) bond motifs is 1. The van der Waals surface area contributed by atoms with Gasteiger partial charge in [0.2, 0.25) is 0 Å². The average Bonchev–Trinajstić information content (AvgIpc) is 3.00. The molecule has 0 radical (unpaired) electrons. The normalized spacial score (nSPS) is 16.2. The second-order valence-electron chi connectivity index (χ2n) is 6.23. The first-order valence-electron chi connectivity index (χ1n) is 8.14. The van der Waals surface area contributed by atoms with Gasteiger partial charge in [-0.15, -0.1) is 35.3 Å². The van der Waals surface area contributed by atoms with Crippen LogP contribution >= 0.6 is 35.3 Å². The van der Waals surface area contributed by atoms with Crippen molar-refractivity contribution in [1.82, 2.24) is 15.6 Å². The van der Waals surface area contributed by atoms with E-state index in [1.807, 2.05) is 7.05 Å². The molecule has 6 heteroatoms. The van der Waals surface area contributed by atoms with Gasteiger partial charge >= 0.3 is 0 Å². The van der Waals surface area contributed by atoms with E-state index in [0.717, 1.165) is 30.5 Å². The molecule has 3 rings (SSSR count). The average molecular weight is 456 g/mol. The van der Waals surface area contributed by atoms with Crippen LogP contribution in [0.3, 0.4) is 0 Å². The van der Waals surface area contributed by atoms with Gasteiger partial charge in [-0.3, -0.25) is 4.99 Å². The molecule has 1 aliphatic carbocycles. The number of benzene rings is 1. The first kappa shape index (κ1) is 19.2. The molecular formula is C18H25IN4S. The van der Waals surface area contributed by atoms with Crippen molar-refractivity contribution in [1.29, 1.82) is 0 Å². The molecule has 1 unspecified atom stereocenters. The minimum atomic E-state index is 0. The summed E-state index contributed by atoms with van der Waals surface area (Å²) < 4.78 is 0. The van der Waals surface area contributed by atoms with Crippen molar-refractivity contribution in [2.75, 3.05) is 13.6 Å². The van der Waals surface area contributed by atoms with E-state index in [1.165, 1.54) is 16.8 Å². The van der Waals surface area contributed by atoms with Gasteiger partial charge in [0.1, 0.15) is 5.01 Å². The molecule has 2 aromatic rings. The Kier molecular flexibility index (Phi) is 7.03. The third-order valence-electron chi connectivity index (χ3n) is 4.27. The molecule has 1 aromatic carbocycles. The van der Waals surface area contributed by atoms with E-state index in [2.05, 4.69) is 64.1 Å².